The van der Waals surface area contributed by atoms with E-state index in [0.29, 0.717) is 0 Å². The average Bonchev–Trinajstić information content (AvgIpc) is 0.777. The summed E-state index contributed by atoms with van der Waals surface area (Å²) in [7, 11) is 0. The van der Waals surface area contributed by atoms with E-state index in [4.69, 9.17) is 15.0 Å². The Morgan fingerprint density at radius 1 is 0.333 bits per heavy atom. The molecule has 0 saturated carbocycles. The number of aromatic nitrogens is 3. The number of rotatable bonds is 15. The zero-order valence-electron chi connectivity index (χ0n) is 78.4. The van der Waals surface area contributed by atoms with Gasteiger partial charge in [0, 0.05) is 113 Å². The maximum atomic E-state index is 11.5. The molecule has 15 heteroatoms. The third-order valence-electron chi connectivity index (χ3n) is 20.4. The number of hydrogen-bond acceptors (Lipinski definition) is 9. The van der Waals surface area contributed by atoms with Crippen LogP contribution in [0.15, 0.2) is 236 Å². The molecule has 12 aromatic rings. The molecule has 0 unspecified atom stereocenters. The Morgan fingerprint density at radius 2 is 0.593 bits per heavy atom. The Kier molecular flexibility index (Phi) is 40.5. The van der Waals surface area contributed by atoms with Gasteiger partial charge in [-0.25, -0.2) is 0 Å². The van der Waals surface area contributed by atoms with Gasteiger partial charge in [-0.05, 0) is 0 Å². The molecule has 0 aliphatic carbocycles. The number of carbonyl (C=O) groups is 3. The van der Waals surface area contributed by atoms with Crippen molar-refractivity contribution < 1.29 is 90.0 Å². The number of pyridine rings is 3. The van der Waals surface area contributed by atoms with Crippen molar-refractivity contribution in [2.75, 3.05) is 0 Å². The van der Waals surface area contributed by atoms with Gasteiger partial charge in [0.1, 0.15) is 5.76 Å². The van der Waals surface area contributed by atoms with Crippen LogP contribution in [0.3, 0.4) is 0 Å². The summed E-state index contributed by atoms with van der Waals surface area (Å²) in [6.07, 6.45) is 3.97. The van der Waals surface area contributed by atoms with Crippen LogP contribution in [0.25, 0.3) is 99.9 Å². The summed E-state index contributed by atoms with van der Waals surface area (Å²) in [4.78, 5) is 48.9. The van der Waals surface area contributed by atoms with E-state index in [1.54, 1.807) is 0 Å². The van der Waals surface area contributed by atoms with Crippen molar-refractivity contribution in [1.29, 1.82) is 0 Å². The number of aliphatic hydroxyl groups excluding tert-OH is 3. The second-order valence-corrected chi connectivity index (χ2v) is 70.9. The molecule has 0 fully saturated rings. The van der Waals surface area contributed by atoms with E-state index < -0.39 is 50.6 Å². The van der Waals surface area contributed by atoms with E-state index in [1.165, 1.54) is 97.6 Å². The quantitative estimate of drug-likeness (QED) is 0.0394. The minimum absolute atomic E-state index is 0. The molecule has 3 heterocycles. The summed E-state index contributed by atoms with van der Waals surface area (Å²) < 4.78 is 4.53. The first-order chi connectivity index (χ1) is 55.7. The normalized spacial score (nSPS) is 12.0. The van der Waals surface area contributed by atoms with Crippen molar-refractivity contribution in [3.8, 4) is 67.2 Å². The molecule has 3 aromatic heterocycles. The Balaban J connectivity index is 0.000000322. The molecule has 3 radical (unpaired) electrons. The van der Waals surface area contributed by atoms with E-state index in [-0.39, 0.29) is 118 Å². The van der Waals surface area contributed by atoms with Gasteiger partial charge in [-0.1, -0.05) is 104 Å². The minimum atomic E-state index is -1.93. The summed E-state index contributed by atoms with van der Waals surface area (Å²) in [6.45, 7) is 40.3. The zero-order valence-corrected chi connectivity index (χ0v) is 91.9. The molecular weight excluding hydrogens is 2230 g/mol. The van der Waals surface area contributed by atoms with Gasteiger partial charge in [0.05, 0.1) is 11.5 Å². The van der Waals surface area contributed by atoms with Crippen LogP contribution in [-0.2, 0) is 74.7 Å². The predicted molar refractivity (Wildman–Crippen MR) is 522 cm³/mol. The summed E-state index contributed by atoms with van der Waals surface area (Å²) in [5.41, 5.74) is 22.8. The maximum absolute atomic E-state index is 11.5. The van der Waals surface area contributed by atoms with Crippen LogP contribution in [0, 0.1) is 93.7 Å². The number of nitrogens with zero attached hydrogens (tertiary/aromatic N) is 3. The van der Waals surface area contributed by atoms with Gasteiger partial charge in [-0.15, -0.1) is 0 Å². The molecule has 0 bridgehead atoms. The average molecular weight is 2360 g/mol. The number of aliphatic hydroxyl groups is 3. The zero-order chi connectivity index (χ0) is 89.5. The minimum Gasteiger partial charge on any atom is 0 e. The summed E-state index contributed by atoms with van der Waals surface area (Å²) in [5.74, 6) is 22.4. The molecule has 0 aliphatic heterocycles. The van der Waals surface area contributed by atoms with Crippen molar-refractivity contribution in [3.63, 3.8) is 0 Å². The number of benzene rings is 9. The van der Waals surface area contributed by atoms with Gasteiger partial charge in [-0.3, -0.25) is 14.4 Å². The standard InChI is InChI=1S/3C26H26GeN.C11H20O2.C10H18O2.C9H16O2.3Ir/c3*1-18-13-19(2)15-21(14-18)26-17-23(20-9-7-6-8-10-20)24-16-22(27(3,4)5)11-12-25(24)28-26;1-10(2,3)8(12)7-9(13)11(4,5)6;1-7(2)8(11)6-9(12)10(3,4)5;1-6(2)8(10)5-9(11)7(3)4;;;/h3*6-14,16-17H,1-5H3;7,12H,1-6H3;6-7,11H,1-5H3;5-7,10H,1-4H3;;;/q3*-1;;;;;;. The van der Waals surface area contributed by atoms with Crippen LogP contribution in [0.4, 0.5) is 0 Å². The fourth-order valence-corrected chi connectivity index (χ4v) is 20.0. The van der Waals surface area contributed by atoms with Gasteiger partial charge < -0.3 is 15.3 Å². The van der Waals surface area contributed by atoms with Crippen LogP contribution in [0.5, 0.6) is 0 Å². The second kappa shape index (κ2) is 46.2. The topological polar surface area (TPSA) is 151 Å². The van der Waals surface area contributed by atoms with E-state index in [9.17, 15) is 29.7 Å². The van der Waals surface area contributed by atoms with E-state index in [1.807, 2.05) is 104 Å². The van der Waals surface area contributed by atoms with Crippen molar-refractivity contribution in [2.24, 2.45) is 34.0 Å². The molecule has 0 aliphatic rings. The van der Waals surface area contributed by atoms with Gasteiger partial charge >= 0.3 is 513 Å². The Morgan fingerprint density at radius 3 is 0.821 bits per heavy atom. The third-order valence-corrected chi connectivity index (χ3v) is 33.2. The van der Waals surface area contributed by atoms with Crippen LogP contribution in [0.1, 0.15) is 137 Å². The second-order valence-electron chi connectivity index (χ2n) is 39.0. The van der Waals surface area contributed by atoms with Gasteiger partial charge in [0.25, 0.3) is 0 Å². The molecule has 12 rings (SSSR count). The van der Waals surface area contributed by atoms with Crippen molar-refractivity contribution in [1.82, 2.24) is 15.0 Å². The van der Waals surface area contributed by atoms with Gasteiger partial charge in [0.15, 0.2) is 17.3 Å². The first-order valence-electron chi connectivity index (χ1n) is 42.1. The fourth-order valence-electron chi connectivity index (χ4n) is 12.7. The monoisotopic (exact) mass is 2370 g/mol. The summed E-state index contributed by atoms with van der Waals surface area (Å²) in [6, 6.07) is 82.8. The van der Waals surface area contributed by atoms with E-state index in [0.717, 1.165) is 67.0 Å². The molecule has 9 nitrogen and oxygen atoms in total. The molecule has 0 saturated heterocycles. The van der Waals surface area contributed by atoms with Crippen molar-refractivity contribution >= 4 is 103 Å². The number of hydrogen-bond donors (Lipinski definition) is 3. The van der Waals surface area contributed by atoms with Crippen LogP contribution in [-0.4, -0.2) is 87.4 Å². The number of allylic oxidation sites excluding steroid dienone is 6. The largest absolute Gasteiger partial charge is 0 e. The van der Waals surface area contributed by atoms with Gasteiger partial charge in [0.2, 0.25) is 0 Å². The molecular formula is C108H132Ge3Ir3N3O6-3. The fraction of sp³-hybridized carbons (Fsp3) is 0.333. The SMILES string of the molecule is CC(C)(C)C(=O)C=C(O)C(C)(C)C.CC(C)C(=O)C=C(O)C(C)C.CC(C)C(O)=CC(=O)C(C)(C)C.Cc1[c-]c(-c2cc(-c3ccccc3)c3c[c]([Ge]([CH3])([CH3])[CH3])ccc3n2)cc(C)c1.Cc1[c-]c(-c2cc(-c3ccccc3)c3c[c]([Ge]([CH3])([CH3])[CH3])ccc3n2)cc(C)c1.Cc1[c-]c(-c2cc(-c3ccccc3)c3c[c]([Ge]([CH3])([CH3])[CH3])ccc3n2)cc(C)c1.[Ir].[Ir].[Ir]. The number of carbonyl (C=O) groups excluding carboxylic acids is 3. The third kappa shape index (κ3) is 32.3. The number of ketones is 3. The van der Waals surface area contributed by atoms with Crippen LogP contribution < -0.4 is 13.2 Å². The van der Waals surface area contributed by atoms with Crippen LogP contribution >= 0.6 is 0 Å². The molecule has 3 N–H and O–H groups in total. The van der Waals surface area contributed by atoms with E-state index >= 15 is 0 Å². The van der Waals surface area contributed by atoms with Crippen LogP contribution in [0.2, 0.25) is 51.8 Å². The number of aryl methyl sites for hydroxylation is 6. The molecule has 9 aromatic carbocycles. The van der Waals surface area contributed by atoms with Crippen molar-refractivity contribution in [3.05, 3.63) is 287 Å². The summed E-state index contributed by atoms with van der Waals surface area (Å²) in [5, 5.41) is 31.8. The maximum Gasteiger partial charge on any atom is 0 e. The van der Waals surface area contributed by atoms with Gasteiger partial charge in [-0.2, -0.15) is 0 Å². The molecule has 0 atom stereocenters. The first kappa shape index (κ1) is 108. The Hall–Kier alpha value is -7.58. The molecule has 0 spiro atoms. The predicted octanol–water partition coefficient (Wildman–Crippen LogP) is 27.7. The molecule has 0 amide bonds. The number of fused-ring (bicyclic) bond motifs is 3. The Bertz CT molecular complexity index is 5190. The Labute approximate surface area is 786 Å². The molecule has 123 heavy (non-hydrogen) atoms. The smallest absolute Gasteiger partial charge is 0 e. The molecule has 657 valence electrons. The van der Waals surface area contributed by atoms with E-state index in [2.05, 4.69) is 312 Å². The van der Waals surface area contributed by atoms with Crippen molar-refractivity contribution in [2.45, 2.75) is 197 Å². The summed E-state index contributed by atoms with van der Waals surface area (Å²) >= 11 is -5.78. The first-order valence-corrected chi connectivity index (χ1v) is 64.1.